The summed E-state index contributed by atoms with van der Waals surface area (Å²) in [6.45, 7) is 6.04. The van der Waals surface area contributed by atoms with Gasteiger partial charge in [0.15, 0.2) is 12.4 Å². The van der Waals surface area contributed by atoms with Gasteiger partial charge in [-0.1, -0.05) is 0 Å². The van der Waals surface area contributed by atoms with Crippen molar-refractivity contribution in [2.24, 2.45) is 0 Å². The molecule has 0 fully saturated rings. The number of phenols is 1. The van der Waals surface area contributed by atoms with Gasteiger partial charge in [0.2, 0.25) is 5.60 Å². The lowest BCUT2D eigenvalue weighted by molar-refractivity contribution is -0.179. The maximum Gasteiger partial charge on any atom is 0.351 e. The molecular formula is C19H26O8. The first kappa shape index (κ1) is 21.1. The fraction of sp³-hybridized carbons (Fsp3) is 0.579. The van der Waals surface area contributed by atoms with Crippen molar-refractivity contribution in [3.05, 3.63) is 22.3 Å². The molecular weight excluding hydrogens is 356 g/mol. The van der Waals surface area contributed by atoms with Gasteiger partial charge >= 0.3 is 5.97 Å². The summed E-state index contributed by atoms with van der Waals surface area (Å²) in [5.74, 6) is -0.174. The molecule has 0 aromatic heterocycles. The number of hydrogen-bond acceptors (Lipinski definition) is 8. The van der Waals surface area contributed by atoms with Crippen LogP contribution in [-0.4, -0.2) is 63.2 Å². The summed E-state index contributed by atoms with van der Waals surface area (Å²) in [5, 5.41) is 38.4. The molecule has 150 valence electrons. The highest BCUT2D eigenvalue weighted by molar-refractivity contribution is 5.82. The molecule has 0 saturated carbocycles. The van der Waals surface area contributed by atoms with E-state index in [1.807, 2.05) is 0 Å². The number of aliphatic hydroxyl groups excluding tert-OH is 3. The minimum atomic E-state index is -1.75. The van der Waals surface area contributed by atoms with E-state index in [2.05, 4.69) is 0 Å². The molecule has 1 aromatic carbocycles. The summed E-state index contributed by atoms with van der Waals surface area (Å²) in [5.41, 5.74) is 1.45. The van der Waals surface area contributed by atoms with Gasteiger partial charge in [-0.15, -0.1) is 0 Å². The predicted molar refractivity (Wildman–Crippen MR) is 94.7 cm³/mol. The van der Waals surface area contributed by atoms with Gasteiger partial charge in [-0.05, 0) is 50.8 Å². The van der Waals surface area contributed by atoms with Crippen LogP contribution in [0.3, 0.4) is 0 Å². The molecule has 8 heteroatoms. The maximum absolute atomic E-state index is 12.7. The van der Waals surface area contributed by atoms with Crippen molar-refractivity contribution in [1.82, 2.24) is 0 Å². The van der Waals surface area contributed by atoms with E-state index in [-0.39, 0.29) is 18.5 Å². The first-order valence-electron chi connectivity index (χ1n) is 8.71. The van der Waals surface area contributed by atoms with E-state index < -0.39 is 36.5 Å². The average Bonchev–Trinajstić information content (AvgIpc) is 2.67. The number of hydrogen-bond donors (Lipinski definition) is 4. The van der Waals surface area contributed by atoms with Crippen molar-refractivity contribution in [2.45, 2.75) is 64.4 Å². The topological polar surface area (TPSA) is 134 Å². The zero-order valence-electron chi connectivity index (χ0n) is 15.9. The van der Waals surface area contributed by atoms with E-state index in [0.29, 0.717) is 28.9 Å². The first-order chi connectivity index (χ1) is 12.6. The summed E-state index contributed by atoms with van der Waals surface area (Å²) in [6, 6.07) is 0. The number of rotatable bonds is 6. The summed E-state index contributed by atoms with van der Waals surface area (Å²) in [4.78, 5) is 23.8. The Morgan fingerprint density at radius 1 is 1.26 bits per heavy atom. The van der Waals surface area contributed by atoms with Gasteiger partial charge in [0, 0.05) is 12.0 Å². The third-order valence-corrected chi connectivity index (χ3v) is 5.25. The Morgan fingerprint density at radius 3 is 2.44 bits per heavy atom. The number of phenolic OH excluding ortho intramolecular Hbond substituents is 1. The molecule has 4 atom stereocenters. The summed E-state index contributed by atoms with van der Waals surface area (Å²) >= 11 is 0. The van der Waals surface area contributed by atoms with E-state index in [0.717, 1.165) is 5.56 Å². The molecule has 0 bridgehead atoms. The Labute approximate surface area is 157 Å². The molecule has 1 heterocycles. The van der Waals surface area contributed by atoms with Crippen LogP contribution >= 0.6 is 0 Å². The summed E-state index contributed by atoms with van der Waals surface area (Å²) in [7, 11) is 0. The predicted octanol–water partition coefficient (Wildman–Crippen LogP) is 0.226. The number of fused-ring (bicyclic) bond motifs is 1. The monoisotopic (exact) mass is 382 g/mol. The molecule has 2 rings (SSSR count). The van der Waals surface area contributed by atoms with Gasteiger partial charge in [0.25, 0.3) is 0 Å². The van der Waals surface area contributed by atoms with Crippen molar-refractivity contribution >= 4 is 12.3 Å². The van der Waals surface area contributed by atoms with E-state index in [1.165, 1.54) is 6.92 Å². The fourth-order valence-electron chi connectivity index (χ4n) is 3.14. The Balaban J connectivity index is 2.28. The zero-order chi connectivity index (χ0) is 20.5. The molecule has 27 heavy (non-hydrogen) atoms. The summed E-state index contributed by atoms with van der Waals surface area (Å²) in [6.07, 6.45) is -4.12. The number of aliphatic hydroxyl groups is 3. The van der Waals surface area contributed by atoms with Crippen molar-refractivity contribution in [3.8, 4) is 11.5 Å². The highest BCUT2D eigenvalue weighted by atomic mass is 16.6. The number of aldehydes is 1. The number of ether oxygens (including phenoxy) is 2. The number of esters is 1. The molecule has 1 aliphatic rings. The van der Waals surface area contributed by atoms with Crippen LogP contribution in [-0.2, 0) is 20.7 Å². The minimum Gasteiger partial charge on any atom is -0.507 e. The lowest BCUT2D eigenvalue weighted by atomic mass is 9.87. The van der Waals surface area contributed by atoms with Crippen LogP contribution in [0, 0.1) is 20.8 Å². The Kier molecular flexibility index (Phi) is 6.14. The Hall–Kier alpha value is -2.16. The molecule has 1 aromatic rings. The van der Waals surface area contributed by atoms with Crippen molar-refractivity contribution < 1.29 is 39.5 Å². The quantitative estimate of drug-likeness (QED) is 0.406. The number of carbonyl (C=O) groups is 2. The zero-order valence-corrected chi connectivity index (χ0v) is 15.9. The van der Waals surface area contributed by atoms with Crippen LogP contribution in [0.5, 0.6) is 11.5 Å². The average molecular weight is 382 g/mol. The van der Waals surface area contributed by atoms with Crippen molar-refractivity contribution in [2.75, 3.05) is 6.61 Å². The molecule has 0 saturated heterocycles. The molecule has 8 nitrogen and oxygen atoms in total. The second-order valence-electron chi connectivity index (χ2n) is 7.11. The molecule has 0 aliphatic carbocycles. The highest BCUT2D eigenvalue weighted by Crippen LogP contribution is 2.43. The van der Waals surface area contributed by atoms with Gasteiger partial charge in [0.1, 0.15) is 23.7 Å². The number of aromatic hydroxyl groups is 1. The smallest absolute Gasteiger partial charge is 0.351 e. The molecule has 0 radical (unpaired) electrons. The van der Waals surface area contributed by atoms with E-state index in [1.54, 1.807) is 20.8 Å². The minimum absolute atomic E-state index is 0.194. The lowest BCUT2D eigenvalue weighted by Gasteiger charge is -2.36. The lowest BCUT2D eigenvalue weighted by Crippen LogP contribution is -2.50. The van der Waals surface area contributed by atoms with Crippen LogP contribution in [0.4, 0.5) is 0 Å². The fourth-order valence-corrected chi connectivity index (χ4v) is 3.14. The maximum atomic E-state index is 12.7. The van der Waals surface area contributed by atoms with Crippen LogP contribution in [0.15, 0.2) is 0 Å². The van der Waals surface area contributed by atoms with E-state index in [9.17, 15) is 24.9 Å². The van der Waals surface area contributed by atoms with Crippen LogP contribution in [0.25, 0.3) is 0 Å². The third-order valence-electron chi connectivity index (χ3n) is 5.25. The van der Waals surface area contributed by atoms with E-state index in [4.69, 9.17) is 14.6 Å². The Bertz CT molecular complexity index is 744. The van der Waals surface area contributed by atoms with Crippen molar-refractivity contribution in [3.63, 3.8) is 0 Å². The third kappa shape index (κ3) is 3.78. The molecule has 0 spiro atoms. The second kappa shape index (κ2) is 7.84. The number of benzene rings is 1. The first-order valence-corrected chi connectivity index (χ1v) is 8.71. The molecule has 1 unspecified atom stereocenters. The van der Waals surface area contributed by atoms with Crippen molar-refractivity contribution in [1.29, 1.82) is 0 Å². The number of carbonyl (C=O) groups excluding carboxylic acids is 2. The normalized spacial score (nSPS) is 22.2. The van der Waals surface area contributed by atoms with Gasteiger partial charge in [-0.25, -0.2) is 4.79 Å². The molecule has 0 amide bonds. The van der Waals surface area contributed by atoms with Gasteiger partial charge in [-0.2, -0.15) is 0 Å². The Morgan fingerprint density at radius 2 is 1.89 bits per heavy atom. The van der Waals surface area contributed by atoms with Gasteiger partial charge < -0.3 is 29.9 Å². The van der Waals surface area contributed by atoms with Crippen LogP contribution in [0.2, 0.25) is 0 Å². The van der Waals surface area contributed by atoms with Crippen LogP contribution < -0.4 is 4.74 Å². The second-order valence-corrected chi connectivity index (χ2v) is 7.11. The molecule has 4 N–H and O–H groups in total. The van der Waals surface area contributed by atoms with Crippen LogP contribution in [0.1, 0.15) is 35.6 Å². The highest BCUT2D eigenvalue weighted by Gasteiger charge is 2.44. The summed E-state index contributed by atoms with van der Waals surface area (Å²) < 4.78 is 11.0. The largest absolute Gasteiger partial charge is 0.507 e. The SMILES string of the molecule is Cc1c(C)c2c(c(C)c1O)CCC(C)(C(=O)O[C@@H](C=O)[C@H](O)[C@H](O)CO)O2. The van der Waals surface area contributed by atoms with Gasteiger partial charge in [0.05, 0.1) is 6.61 Å². The standard InChI is InChI=1S/C19H26O8/c1-9-10(2)17-12(11(3)15(9)23)5-6-19(4,27-17)18(25)26-14(8-21)16(24)13(22)7-20/h8,13-14,16,20,22-24H,5-7H2,1-4H3/t13-,14+,16-,19?/m1/s1. The van der Waals surface area contributed by atoms with Gasteiger partial charge in [-0.3, -0.25) is 4.79 Å². The van der Waals surface area contributed by atoms with E-state index >= 15 is 0 Å². The molecule has 1 aliphatic heterocycles.